The van der Waals surface area contributed by atoms with Crippen LogP contribution in [0.2, 0.25) is 5.15 Å². The zero-order valence-electron chi connectivity index (χ0n) is 15.1. The molecule has 0 aliphatic heterocycles. The second kappa shape index (κ2) is 8.60. The molecule has 2 heterocycles. The van der Waals surface area contributed by atoms with Crippen molar-refractivity contribution in [1.29, 1.82) is 0 Å². The molecule has 0 unspecified atom stereocenters. The second-order valence-corrected chi connectivity index (χ2v) is 6.29. The van der Waals surface area contributed by atoms with Crippen LogP contribution < -0.4 is 10.1 Å². The number of nitrogens with one attached hydrogen (secondary N) is 1. The summed E-state index contributed by atoms with van der Waals surface area (Å²) in [7, 11) is 1.63. The van der Waals surface area contributed by atoms with Crippen molar-refractivity contribution in [3.05, 3.63) is 76.5 Å². The maximum atomic E-state index is 12.0. The minimum absolute atomic E-state index is 0.234. The molecule has 27 heavy (non-hydrogen) atoms. The van der Waals surface area contributed by atoms with Crippen molar-refractivity contribution < 1.29 is 13.9 Å². The Balaban J connectivity index is 1.68. The van der Waals surface area contributed by atoms with Crippen LogP contribution in [0.15, 0.2) is 53.2 Å². The average Bonchev–Trinajstić information content (AvgIpc) is 3.27. The first-order valence-electron chi connectivity index (χ1n) is 8.41. The zero-order valence-corrected chi connectivity index (χ0v) is 15.9. The summed E-state index contributed by atoms with van der Waals surface area (Å²) in [6.07, 6.45) is 4.68. The third kappa shape index (κ3) is 4.80. The van der Waals surface area contributed by atoms with E-state index in [2.05, 4.69) is 10.4 Å². The number of nitrogens with zero attached hydrogens (tertiary/aromatic N) is 2. The van der Waals surface area contributed by atoms with Crippen molar-refractivity contribution in [2.75, 3.05) is 7.11 Å². The van der Waals surface area contributed by atoms with Gasteiger partial charge >= 0.3 is 0 Å². The molecule has 7 heteroatoms. The predicted molar refractivity (Wildman–Crippen MR) is 104 cm³/mol. The lowest BCUT2D eigenvalue weighted by Gasteiger charge is -2.06. The molecule has 6 nitrogen and oxygen atoms in total. The molecule has 1 aromatic carbocycles. The summed E-state index contributed by atoms with van der Waals surface area (Å²) in [5, 5.41) is 7.70. The van der Waals surface area contributed by atoms with E-state index in [0.29, 0.717) is 29.6 Å². The van der Waals surface area contributed by atoms with Crippen LogP contribution in [-0.2, 0) is 17.9 Å². The third-order valence-corrected chi connectivity index (χ3v) is 4.39. The third-order valence-electron chi connectivity index (χ3n) is 3.99. The van der Waals surface area contributed by atoms with Crippen molar-refractivity contribution in [3.63, 3.8) is 0 Å². The molecule has 0 atom stereocenters. The number of carbonyl (C=O) groups is 1. The van der Waals surface area contributed by atoms with E-state index in [-0.39, 0.29) is 5.91 Å². The standard InChI is InChI=1S/C20H20ClN3O3/c1-14-18(8-9-19(25)22-12-17-7-4-10-27-17)20(21)24(23-14)13-15-5-3-6-16(11-15)26-2/h3-11H,12-13H2,1-2H3,(H,22,25)/b9-8+. The SMILES string of the molecule is COc1cccc(Cn2nc(C)c(/C=C/C(=O)NCc3ccco3)c2Cl)c1. The minimum Gasteiger partial charge on any atom is -0.497 e. The maximum Gasteiger partial charge on any atom is 0.244 e. The lowest BCUT2D eigenvalue weighted by Crippen LogP contribution is -2.19. The summed E-state index contributed by atoms with van der Waals surface area (Å²) >= 11 is 6.47. The summed E-state index contributed by atoms with van der Waals surface area (Å²) in [5.41, 5.74) is 2.48. The number of rotatable bonds is 7. The van der Waals surface area contributed by atoms with Gasteiger partial charge in [0.2, 0.25) is 5.91 Å². The molecular weight excluding hydrogens is 366 g/mol. The Morgan fingerprint density at radius 3 is 2.96 bits per heavy atom. The topological polar surface area (TPSA) is 69.3 Å². The van der Waals surface area contributed by atoms with Crippen LogP contribution in [0.4, 0.5) is 0 Å². The number of amides is 1. The van der Waals surface area contributed by atoms with Crippen LogP contribution in [-0.4, -0.2) is 22.8 Å². The van der Waals surface area contributed by atoms with Gasteiger partial charge in [-0.1, -0.05) is 23.7 Å². The van der Waals surface area contributed by atoms with Crippen molar-refractivity contribution >= 4 is 23.6 Å². The molecule has 3 rings (SSSR count). The molecule has 140 valence electrons. The largest absolute Gasteiger partial charge is 0.497 e. The Kier molecular flexibility index (Phi) is 5.98. The number of furan rings is 1. The fraction of sp³-hybridized carbons (Fsp3) is 0.200. The highest BCUT2D eigenvalue weighted by molar-refractivity contribution is 6.31. The molecule has 0 fully saturated rings. The molecule has 2 aromatic heterocycles. The highest BCUT2D eigenvalue weighted by Crippen LogP contribution is 2.23. The zero-order chi connectivity index (χ0) is 19.2. The summed E-state index contributed by atoms with van der Waals surface area (Å²) in [6.45, 7) is 2.70. The fourth-order valence-electron chi connectivity index (χ4n) is 2.61. The summed E-state index contributed by atoms with van der Waals surface area (Å²) < 4.78 is 12.1. The quantitative estimate of drug-likeness (QED) is 0.627. The first kappa shape index (κ1) is 18.8. The molecule has 0 saturated heterocycles. The molecule has 0 saturated carbocycles. The monoisotopic (exact) mass is 385 g/mol. The van der Waals surface area contributed by atoms with E-state index in [9.17, 15) is 4.79 Å². The number of benzene rings is 1. The van der Waals surface area contributed by atoms with Gasteiger partial charge in [-0.05, 0) is 42.8 Å². The van der Waals surface area contributed by atoms with E-state index in [1.807, 2.05) is 31.2 Å². The summed E-state index contributed by atoms with van der Waals surface area (Å²) in [6, 6.07) is 11.3. The number of carbonyl (C=O) groups excluding carboxylic acids is 1. The van der Waals surface area contributed by atoms with Gasteiger partial charge < -0.3 is 14.5 Å². The van der Waals surface area contributed by atoms with Gasteiger partial charge in [0.25, 0.3) is 0 Å². The first-order chi connectivity index (χ1) is 13.1. The highest BCUT2D eigenvalue weighted by Gasteiger charge is 2.12. The Bertz CT molecular complexity index is 946. The Hall–Kier alpha value is -2.99. The van der Waals surface area contributed by atoms with Gasteiger partial charge in [-0.15, -0.1) is 0 Å². The van der Waals surface area contributed by atoms with Crippen LogP contribution in [0, 0.1) is 6.92 Å². The van der Waals surface area contributed by atoms with Gasteiger partial charge in [-0.2, -0.15) is 5.10 Å². The second-order valence-electron chi connectivity index (χ2n) is 5.93. The molecular formula is C20H20ClN3O3. The maximum absolute atomic E-state index is 12.0. The van der Waals surface area contributed by atoms with Gasteiger partial charge in [0.05, 0.1) is 32.2 Å². The van der Waals surface area contributed by atoms with Gasteiger partial charge in [0, 0.05) is 11.6 Å². The van der Waals surface area contributed by atoms with Gasteiger partial charge in [-0.25, -0.2) is 4.68 Å². The van der Waals surface area contributed by atoms with E-state index in [1.54, 1.807) is 36.3 Å². The first-order valence-corrected chi connectivity index (χ1v) is 8.78. The molecule has 0 aliphatic rings. The van der Waals surface area contributed by atoms with Gasteiger partial charge in [0.15, 0.2) is 0 Å². The molecule has 0 radical (unpaired) electrons. The van der Waals surface area contributed by atoms with E-state index in [4.69, 9.17) is 20.8 Å². The van der Waals surface area contributed by atoms with E-state index in [1.165, 1.54) is 6.08 Å². The molecule has 1 amide bonds. The normalized spacial score (nSPS) is 11.1. The van der Waals surface area contributed by atoms with E-state index in [0.717, 1.165) is 17.0 Å². The summed E-state index contributed by atoms with van der Waals surface area (Å²) in [4.78, 5) is 12.0. The number of aryl methyl sites for hydroxylation is 1. The predicted octanol–water partition coefficient (Wildman–Crippen LogP) is 3.82. The highest BCUT2D eigenvalue weighted by atomic mass is 35.5. The minimum atomic E-state index is -0.234. The summed E-state index contributed by atoms with van der Waals surface area (Å²) in [5.74, 6) is 1.24. The van der Waals surface area contributed by atoms with Gasteiger partial charge in [0.1, 0.15) is 16.7 Å². The fourth-order valence-corrected chi connectivity index (χ4v) is 2.91. The lowest BCUT2D eigenvalue weighted by atomic mass is 10.2. The van der Waals surface area contributed by atoms with Crippen molar-refractivity contribution in [2.24, 2.45) is 0 Å². The molecule has 0 spiro atoms. The van der Waals surface area contributed by atoms with Crippen LogP contribution in [0.1, 0.15) is 22.6 Å². The molecule has 0 bridgehead atoms. The van der Waals surface area contributed by atoms with Gasteiger partial charge in [-0.3, -0.25) is 4.79 Å². The smallest absolute Gasteiger partial charge is 0.244 e. The van der Waals surface area contributed by atoms with Crippen LogP contribution >= 0.6 is 11.6 Å². The lowest BCUT2D eigenvalue weighted by molar-refractivity contribution is -0.116. The van der Waals surface area contributed by atoms with Crippen molar-refractivity contribution in [3.8, 4) is 5.75 Å². The number of ether oxygens (including phenoxy) is 1. The van der Waals surface area contributed by atoms with E-state index < -0.39 is 0 Å². The van der Waals surface area contributed by atoms with Crippen LogP contribution in [0.25, 0.3) is 6.08 Å². The Morgan fingerprint density at radius 2 is 2.22 bits per heavy atom. The number of methoxy groups -OCH3 is 1. The number of halogens is 1. The van der Waals surface area contributed by atoms with Crippen LogP contribution in [0.5, 0.6) is 5.75 Å². The molecule has 3 aromatic rings. The van der Waals surface area contributed by atoms with Crippen molar-refractivity contribution in [1.82, 2.24) is 15.1 Å². The number of aromatic nitrogens is 2. The Morgan fingerprint density at radius 1 is 1.37 bits per heavy atom. The number of hydrogen-bond acceptors (Lipinski definition) is 4. The average molecular weight is 386 g/mol. The Labute approximate surface area is 162 Å². The molecule has 1 N–H and O–H groups in total. The molecule has 0 aliphatic carbocycles. The number of hydrogen-bond donors (Lipinski definition) is 1. The van der Waals surface area contributed by atoms with Crippen molar-refractivity contribution in [2.45, 2.75) is 20.0 Å². The van der Waals surface area contributed by atoms with Crippen LogP contribution in [0.3, 0.4) is 0 Å². The van der Waals surface area contributed by atoms with E-state index >= 15 is 0 Å².